The van der Waals surface area contributed by atoms with Gasteiger partial charge < -0.3 is 19.7 Å². The second-order valence-corrected chi connectivity index (χ2v) is 10.1. The normalized spacial score (nSPS) is 23.6. The Morgan fingerprint density at radius 1 is 0.938 bits per heavy atom. The van der Waals surface area contributed by atoms with Crippen LogP contribution < -0.4 is 10.1 Å². The molecule has 32 heavy (non-hydrogen) atoms. The maximum Gasteiger partial charge on any atom is 0.410 e. The summed E-state index contributed by atoms with van der Waals surface area (Å²) in [5.41, 5.74) is 2.03. The number of ether oxygens (including phenoxy) is 2. The first kappa shape index (κ1) is 22.5. The monoisotopic (exact) mass is 436 g/mol. The van der Waals surface area contributed by atoms with Crippen LogP contribution in [-0.4, -0.2) is 41.8 Å². The van der Waals surface area contributed by atoms with E-state index < -0.39 is 5.60 Å². The van der Waals surface area contributed by atoms with Crippen molar-refractivity contribution in [1.29, 1.82) is 0 Å². The lowest BCUT2D eigenvalue weighted by atomic mass is 9.82. The molecular weight excluding hydrogens is 400 g/mol. The highest BCUT2D eigenvalue weighted by Crippen LogP contribution is 2.35. The summed E-state index contributed by atoms with van der Waals surface area (Å²) in [6.45, 7) is 6.91. The molecule has 5 nitrogen and oxygen atoms in total. The van der Waals surface area contributed by atoms with E-state index in [4.69, 9.17) is 9.47 Å². The molecule has 0 bridgehead atoms. The van der Waals surface area contributed by atoms with Crippen LogP contribution in [0.15, 0.2) is 54.6 Å². The zero-order chi connectivity index (χ0) is 22.6. The molecule has 4 rings (SSSR count). The maximum absolute atomic E-state index is 12.4. The topological polar surface area (TPSA) is 50.8 Å². The van der Waals surface area contributed by atoms with Crippen molar-refractivity contribution in [2.24, 2.45) is 0 Å². The average Bonchev–Trinajstić information content (AvgIpc) is 3.24. The van der Waals surface area contributed by atoms with E-state index in [0.717, 1.165) is 30.7 Å². The lowest BCUT2D eigenvalue weighted by molar-refractivity contribution is 0.0276. The molecule has 1 atom stereocenters. The van der Waals surface area contributed by atoms with Crippen molar-refractivity contribution in [1.82, 2.24) is 4.90 Å². The summed E-state index contributed by atoms with van der Waals surface area (Å²) in [4.78, 5) is 14.1. The molecule has 1 amide bonds. The van der Waals surface area contributed by atoms with Crippen LogP contribution in [0.5, 0.6) is 5.75 Å². The first-order chi connectivity index (χ1) is 15.4. The molecular formula is C27H36N2O3. The van der Waals surface area contributed by atoms with Gasteiger partial charge in [-0.05, 0) is 70.1 Å². The van der Waals surface area contributed by atoms with Gasteiger partial charge in [-0.15, -0.1) is 0 Å². The quantitative estimate of drug-likeness (QED) is 0.605. The number of carbonyl (C=O) groups is 1. The Morgan fingerprint density at radius 3 is 2.34 bits per heavy atom. The van der Waals surface area contributed by atoms with Crippen LogP contribution >= 0.6 is 0 Å². The van der Waals surface area contributed by atoms with Gasteiger partial charge in [-0.25, -0.2) is 4.79 Å². The molecule has 0 unspecified atom stereocenters. The van der Waals surface area contributed by atoms with Gasteiger partial charge in [0, 0.05) is 19.0 Å². The number of hydrogen-bond donors (Lipinski definition) is 1. The van der Waals surface area contributed by atoms with Gasteiger partial charge >= 0.3 is 6.09 Å². The van der Waals surface area contributed by atoms with Crippen molar-refractivity contribution in [2.45, 2.75) is 76.5 Å². The van der Waals surface area contributed by atoms with Crippen molar-refractivity contribution in [2.75, 3.05) is 18.4 Å². The van der Waals surface area contributed by atoms with Crippen LogP contribution in [0.4, 0.5) is 10.5 Å². The average molecular weight is 437 g/mol. The SMILES string of the molecule is CC(C)(C)OC(=O)N1CC[C@H](Oc2ccccc2NC2CCC(c3ccccc3)CC2)C1. The minimum Gasteiger partial charge on any atom is -0.486 e. The second kappa shape index (κ2) is 9.85. The van der Waals surface area contributed by atoms with E-state index in [9.17, 15) is 4.79 Å². The van der Waals surface area contributed by atoms with Gasteiger partial charge in [-0.3, -0.25) is 0 Å². The Bertz CT molecular complexity index is 885. The van der Waals surface area contributed by atoms with E-state index >= 15 is 0 Å². The molecule has 1 aliphatic carbocycles. The Morgan fingerprint density at radius 2 is 1.62 bits per heavy atom. The third kappa shape index (κ3) is 5.96. The highest BCUT2D eigenvalue weighted by atomic mass is 16.6. The Hall–Kier alpha value is -2.69. The van der Waals surface area contributed by atoms with Crippen molar-refractivity contribution < 1.29 is 14.3 Å². The Balaban J connectivity index is 1.31. The lowest BCUT2D eigenvalue weighted by Crippen LogP contribution is -2.36. The first-order valence-corrected chi connectivity index (χ1v) is 11.9. The second-order valence-electron chi connectivity index (χ2n) is 10.1. The number of para-hydroxylation sites is 2. The maximum atomic E-state index is 12.4. The largest absolute Gasteiger partial charge is 0.486 e. The predicted molar refractivity (Wildman–Crippen MR) is 128 cm³/mol. The zero-order valence-corrected chi connectivity index (χ0v) is 19.5. The third-order valence-corrected chi connectivity index (χ3v) is 6.34. The summed E-state index contributed by atoms with van der Waals surface area (Å²) in [5.74, 6) is 1.53. The van der Waals surface area contributed by atoms with Crippen LogP contribution in [-0.2, 0) is 4.74 Å². The number of likely N-dealkylation sites (tertiary alicyclic amines) is 1. The highest BCUT2D eigenvalue weighted by molar-refractivity contribution is 5.68. The van der Waals surface area contributed by atoms with Gasteiger partial charge in [0.1, 0.15) is 17.5 Å². The Kier molecular flexibility index (Phi) is 6.92. The fourth-order valence-corrected chi connectivity index (χ4v) is 4.70. The fraction of sp³-hybridized carbons (Fsp3) is 0.519. The van der Waals surface area contributed by atoms with Crippen molar-refractivity contribution in [3.63, 3.8) is 0 Å². The molecule has 0 aromatic heterocycles. The number of anilines is 1. The standard InChI is InChI=1S/C27H36N2O3/c1-27(2,3)32-26(30)29-18-17-23(19-29)31-25-12-8-7-11-24(25)28-22-15-13-21(14-16-22)20-9-5-4-6-10-20/h4-12,21-23,28H,13-19H2,1-3H3/t21?,22?,23-/m0/s1. The lowest BCUT2D eigenvalue weighted by Gasteiger charge is -2.30. The van der Waals surface area contributed by atoms with Crippen LogP contribution in [0.2, 0.25) is 0 Å². The molecule has 0 spiro atoms. The molecule has 1 saturated carbocycles. The third-order valence-electron chi connectivity index (χ3n) is 6.34. The van der Waals surface area contributed by atoms with Gasteiger partial charge in [-0.1, -0.05) is 42.5 Å². The highest BCUT2D eigenvalue weighted by Gasteiger charge is 2.31. The number of hydrogen-bond acceptors (Lipinski definition) is 4. The number of rotatable bonds is 5. The van der Waals surface area contributed by atoms with Crippen molar-refractivity contribution in [3.8, 4) is 5.75 Å². The van der Waals surface area contributed by atoms with Gasteiger partial charge in [0.05, 0.1) is 12.2 Å². The van der Waals surface area contributed by atoms with E-state index in [1.54, 1.807) is 4.90 Å². The minimum atomic E-state index is -0.480. The summed E-state index contributed by atoms with van der Waals surface area (Å²) in [5, 5.41) is 3.73. The molecule has 0 radical (unpaired) electrons. The summed E-state index contributed by atoms with van der Waals surface area (Å²) in [6.07, 6.45) is 5.27. The minimum absolute atomic E-state index is 0.0146. The molecule has 1 N–H and O–H groups in total. The number of amides is 1. The van der Waals surface area contributed by atoms with E-state index in [1.165, 1.54) is 18.4 Å². The first-order valence-electron chi connectivity index (χ1n) is 11.9. The molecule has 5 heteroatoms. The fourth-order valence-electron chi connectivity index (χ4n) is 4.70. The van der Waals surface area contributed by atoms with Crippen LogP contribution in [0.25, 0.3) is 0 Å². The van der Waals surface area contributed by atoms with Crippen molar-refractivity contribution in [3.05, 3.63) is 60.2 Å². The van der Waals surface area contributed by atoms with Crippen LogP contribution in [0.3, 0.4) is 0 Å². The van der Waals surface area contributed by atoms with E-state index in [0.29, 0.717) is 25.0 Å². The number of nitrogens with zero attached hydrogens (tertiary/aromatic N) is 1. The number of nitrogens with one attached hydrogen (secondary N) is 1. The number of benzene rings is 2. The van der Waals surface area contributed by atoms with Gasteiger partial charge in [0.25, 0.3) is 0 Å². The molecule has 1 aliphatic heterocycles. The summed E-state index contributed by atoms with van der Waals surface area (Å²) in [7, 11) is 0. The van der Waals surface area contributed by atoms with Gasteiger partial charge in [-0.2, -0.15) is 0 Å². The van der Waals surface area contributed by atoms with Crippen LogP contribution in [0.1, 0.15) is 64.4 Å². The van der Waals surface area contributed by atoms with E-state index in [1.807, 2.05) is 39.0 Å². The van der Waals surface area contributed by atoms with E-state index in [-0.39, 0.29) is 12.2 Å². The van der Waals surface area contributed by atoms with Crippen molar-refractivity contribution >= 4 is 11.8 Å². The zero-order valence-electron chi connectivity index (χ0n) is 19.5. The molecule has 1 heterocycles. The predicted octanol–water partition coefficient (Wildman–Crippen LogP) is 6.21. The molecule has 2 aromatic carbocycles. The summed E-state index contributed by atoms with van der Waals surface area (Å²) >= 11 is 0. The molecule has 172 valence electrons. The number of carbonyl (C=O) groups excluding carboxylic acids is 1. The Labute approximate surface area is 192 Å². The smallest absolute Gasteiger partial charge is 0.410 e. The molecule has 2 aromatic rings. The molecule has 1 saturated heterocycles. The van der Waals surface area contributed by atoms with Gasteiger partial charge in [0.15, 0.2) is 0 Å². The van der Waals surface area contributed by atoms with E-state index in [2.05, 4.69) is 41.7 Å². The molecule has 2 fully saturated rings. The van der Waals surface area contributed by atoms with Crippen LogP contribution in [0, 0.1) is 0 Å². The summed E-state index contributed by atoms with van der Waals surface area (Å²) < 4.78 is 11.8. The summed E-state index contributed by atoms with van der Waals surface area (Å²) in [6, 6.07) is 19.5. The van der Waals surface area contributed by atoms with Gasteiger partial charge in [0.2, 0.25) is 0 Å². The molecule has 2 aliphatic rings.